The molecule has 168 valence electrons. The smallest absolute Gasteiger partial charge is 0.337 e. The number of anilines is 1. The lowest BCUT2D eigenvalue weighted by atomic mass is 10.2. The summed E-state index contributed by atoms with van der Waals surface area (Å²) in [7, 11) is 0. The Morgan fingerprint density at radius 2 is 1.88 bits per heavy atom. The first-order chi connectivity index (χ1) is 15.7. The minimum atomic E-state index is -1.25. The van der Waals surface area contributed by atoms with Gasteiger partial charge < -0.3 is 25.6 Å². The zero-order chi connectivity index (χ0) is 23.7. The molecule has 4 rings (SSSR count). The Hall–Kier alpha value is -4.16. The summed E-state index contributed by atoms with van der Waals surface area (Å²) in [4.78, 5) is 35.9. The van der Waals surface area contributed by atoms with Gasteiger partial charge in [0.05, 0.1) is 22.5 Å². The highest BCUT2D eigenvalue weighted by molar-refractivity contribution is 7.80. The van der Waals surface area contributed by atoms with Gasteiger partial charge in [0, 0.05) is 5.56 Å². The number of nitrogens with zero attached hydrogens (tertiary/aromatic N) is 2. The first-order valence-electron chi connectivity index (χ1n) is 9.17. The molecule has 0 aliphatic carbocycles. The van der Waals surface area contributed by atoms with Crippen molar-refractivity contribution in [1.82, 2.24) is 15.1 Å². The zero-order valence-corrected chi connectivity index (χ0v) is 18.1. The number of benzene rings is 2. The van der Waals surface area contributed by atoms with E-state index >= 15 is 0 Å². The summed E-state index contributed by atoms with van der Waals surface area (Å²) < 4.78 is 11.7. The minimum absolute atomic E-state index is 0.0227. The molecule has 33 heavy (non-hydrogen) atoms. The standard InChI is InChI=1S/C20H14ClN5O6S/c21-13-3-2-10(6-11(13)19(29)30)26-17(12(7-23-26)16(22)27)24-20(33)25-18(28)9-1-4-14-15(5-9)32-8-31-14/h1-7H,8H2,(H2,22,27)(H,29,30)(H2,24,25,28,33). The van der Waals surface area contributed by atoms with Crippen molar-refractivity contribution in [3.8, 4) is 17.2 Å². The number of amides is 2. The third kappa shape index (κ3) is 4.42. The molecule has 2 aromatic carbocycles. The average Bonchev–Trinajstić information content (AvgIpc) is 3.40. The fourth-order valence-electron chi connectivity index (χ4n) is 3.01. The molecule has 1 aliphatic heterocycles. The zero-order valence-electron chi connectivity index (χ0n) is 16.5. The topological polar surface area (TPSA) is 158 Å². The Balaban J connectivity index is 1.60. The molecule has 0 unspecified atom stereocenters. The maximum Gasteiger partial charge on any atom is 0.337 e. The second kappa shape index (κ2) is 8.76. The number of aromatic carboxylic acids is 1. The molecule has 13 heteroatoms. The van der Waals surface area contributed by atoms with E-state index in [4.69, 9.17) is 39.0 Å². The van der Waals surface area contributed by atoms with Crippen LogP contribution in [0.25, 0.3) is 5.69 Å². The van der Waals surface area contributed by atoms with E-state index in [1.54, 1.807) is 6.07 Å². The molecule has 5 N–H and O–H groups in total. The lowest BCUT2D eigenvalue weighted by Crippen LogP contribution is -2.35. The summed E-state index contributed by atoms with van der Waals surface area (Å²) in [6.45, 7) is 0.0640. The predicted octanol–water partition coefficient (Wildman–Crippen LogP) is 2.18. The highest BCUT2D eigenvalue weighted by Gasteiger charge is 2.21. The van der Waals surface area contributed by atoms with Crippen molar-refractivity contribution in [2.24, 2.45) is 5.73 Å². The molecule has 0 radical (unpaired) electrons. The first-order valence-corrected chi connectivity index (χ1v) is 9.96. The SMILES string of the molecule is NC(=O)c1cnn(-c2ccc(Cl)c(C(=O)O)c2)c1NC(=S)NC(=O)c1ccc2c(c1)OCO2. The molecule has 0 saturated carbocycles. The van der Waals surface area contributed by atoms with E-state index in [1.807, 2.05) is 0 Å². The minimum Gasteiger partial charge on any atom is -0.478 e. The Labute approximate surface area is 196 Å². The molecule has 1 aliphatic rings. The number of thiocarbonyl (C=S) groups is 1. The van der Waals surface area contributed by atoms with E-state index in [9.17, 15) is 19.5 Å². The summed E-state index contributed by atoms with van der Waals surface area (Å²) >= 11 is 11.1. The Morgan fingerprint density at radius 1 is 1.12 bits per heavy atom. The number of carbonyl (C=O) groups excluding carboxylic acids is 2. The van der Waals surface area contributed by atoms with Gasteiger partial charge in [0.2, 0.25) is 6.79 Å². The number of carboxylic acid groups (broad SMARTS) is 1. The highest BCUT2D eigenvalue weighted by Crippen LogP contribution is 2.32. The second-order valence-electron chi connectivity index (χ2n) is 6.63. The van der Waals surface area contributed by atoms with E-state index in [-0.39, 0.29) is 45.1 Å². The molecule has 0 spiro atoms. The van der Waals surface area contributed by atoms with Gasteiger partial charge in [-0.25, -0.2) is 9.48 Å². The number of rotatable bonds is 5. The van der Waals surface area contributed by atoms with E-state index in [1.165, 1.54) is 41.2 Å². The number of primary amides is 1. The van der Waals surface area contributed by atoms with Gasteiger partial charge in [-0.3, -0.25) is 14.9 Å². The summed E-state index contributed by atoms with van der Waals surface area (Å²) in [6, 6.07) is 8.75. The van der Waals surface area contributed by atoms with Gasteiger partial charge in [-0.05, 0) is 48.6 Å². The molecule has 0 atom stereocenters. The van der Waals surface area contributed by atoms with E-state index in [2.05, 4.69) is 15.7 Å². The van der Waals surface area contributed by atoms with E-state index in [0.717, 1.165) is 0 Å². The van der Waals surface area contributed by atoms with Crippen LogP contribution in [0.2, 0.25) is 5.02 Å². The van der Waals surface area contributed by atoms with Crippen LogP contribution in [-0.4, -0.2) is 44.6 Å². The molecule has 0 saturated heterocycles. The molecular weight excluding hydrogens is 474 g/mol. The number of hydrogen-bond donors (Lipinski definition) is 4. The van der Waals surface area contributed by atoms with Crippen molar-refractivity contribution in [2.75, 3.05) is 12.1 Å². The van der Waals surface area contributed by atoms with Gasteiger partial charge in [0.1, 0.15) is 11.4 Å². The van der Waals surface area contributed by atoms with Crippen LogP contribution in [0.5, 0.6) is 11.5 Å². The molecule has 3 aromatic rings. The molecule has 11 nitrogen and oxygen atoms in total. The maximum atomic E-state index is 12.6. The number of nitrogens with two attached hydrogens (primary N) is 1. The molecular formula is C20H14ClN5O6S. The largest absolute Gasteiger partial charge is 0.478 e. The lowest BCUT2D eigenvalue weighted by molar-refractivity contribution is 0.0696. The lowest BCUT2D eigenvalue weighted by Gasteiger charge is -2.14. The average molecular weight is 488 g/mol. The molecule has 2 amide bonds. The van der Waals surface area contributed by atoms with Crippen LogP contribution in [0, 0.1) is 0 Å². The van der Waals surface area contributed by atoms with Gasteiger partial charge >= 0.3 is 5.97 Å². The van der Waals surface area contributed by atoms with Gasteiger partial charge in [-0.1, -0.05) is 11.6 Å². The van der Waals surface area contributed by atoms with Crippen molar-refractivity contribution in [3.05, 3.63) is 64.3 Å². The number of halogens is 1. The highest BCUT2D eigenvalue weighted by atomic mass is 35.5. The number of carbonyl (C=O) groups is 3. The maximum absolute atomic E-state index is 12.6. The quantitative estimate of drug-likeness (QED) is 0.396. The molecule has 0 bridgehead atoms. The third-order valence-electron chi connectivity index (χ3n) is 4.55. The van der Waals surface area contributed by atoms with Crippen molar-refractivity contribution < 1.29 is 29.0 Å². The Bertz CT molecular complexity index is 1320. The number of ether oxygens (including phenoxy) is 2. The van der Waals surface area contributed by atoms with Crippen LogP contribution < -0.4 is 25.8 Å². The van der Waals surface area contributed by atoms with Crippen LogP contribution in [0.1, 0.15) is 31.1 Å². The van der Waals surface area contributed by atoms with Gasteiger partial charge in [-0.15, -0.1) is 0 Å². The van der Waals surface area contributed by atoms with E-state index < -0.39 is 17.8 Å². The van der Waals surface area contributed by atoms with Gasteiger partial charge in [-0.2, -0.15) is 5.10 Å². The van der Waals surface area contributed by atoms with Crippen molar-refractivity contribution in [3.63, 3.8) is 0 Å². The predicted molar refractivity (Wildman–Crippen MR) is 120 cm³/mol. The third-order valence-corrected chi connectivity index (χ3v) is 5.09. The Kier molecular flexibility index (Phi) is 5.85. The van der Waals surface area contributed by atoms with Crippen LogP contribution in [0.4, 0.5) is 5.82 Å². The monoisotopic (exact) mass is 487 g/mol. The number of fused-ring (bicyclic) bond motifs is 1. The fraction of sp³-hybridized carbons (Fsp3) is 0.0500. The van der Waals surface area contributed by atoms with Gasteiger partial charge in [0.15, 0.2) is 16.6 Å². The normalized spacial score (nSPS) is 11.7. The van der Waals surface area contributed by atoms with Crippen LogP contribution in [0.15, 0.2) is 42.6 Å². The second-order valence-corrected chi connectivity index (χ2v) is 7.44. The number of aromatic nitrogens is 2. The number of hydrogen-bond acceptors (Lipinski definition) is 7. The summed E-state index contributed by atoms with van der Waals surface area (Å²) in [5.74, 6) is -1.64. The molecule has 1 aromatic heterocycles. The number of nitrogens with one attached hydrogen (secondary N) is 2. The Morgan fingerprint density at radius 3 is 2.61 bits per heavy atom. The molecule has 2 heterocycles. The van der Waals surface area contributed by atoms with Crippen LogP contribution in [0.3, 0.4) is 0 Å². The van der Waals surface area contributed by atoms with Gasteiger partial charge in [0.25, 0.3) is 11.8 Å². The summed E-state index contributed by atoms with van der Waals surface area (Å²) in [5.41, 5.74) is 5.73. The molecule has 0 fully saturated rings. The van der Waals surface area contributed by atoms with E-state index in [0.29, 0.717) is 11.5 Å². The van der Waals surface area contributed by atoms with Crippen molar-refractivity contribution >= 4 is 52.5 Å². The van der Waals surface area contributed by atoms with Crippen LogP contribution >= 0.6 is 23.8 Å². The van der Waals surface area contributed by atoms with Crippen LogP contribution in [-0.2, 0) is 0 Å². The first kappa shape index (κ1) is 22.0. The fourth-order valence-corrected chi connectivity index (χ4v) is 3.39. The van der Waals surface area contributed by atoms with Crippen molar-refractivity contribution in [1.29, 1.82) is 0 Å². The summed E-state index contributed by atoms with van der Waals surface area (Å²) in [6.07, 6.45) is 1.18. The van der Waals surface area contributed by atoms with Crippen molar-refractivity contribution in [2.45, 2.75) is 0 Å². The summed E-state index contributed by atoms with van der Waals surface area (Å²) in [5, 5.41) is 18.5. The number of carboxylic acids is 1.